The molecule has 0 radical (unpaired) electrons. The summed E-state index contributed by atoms with van der Waals surface area (Å²) in [5.41, 5.74) is 3.20. The van der Waals surface area contributed by atoms with Crippen molar-refractivity contribution in [3.8, 4) is 0 Å². The molecule has 3 rings (SSSR count). The van der Waals surface area contributed by atoms with E-state index in [-0.39, 0.29) is 5.78 Å². The van der Waals surface area contributed by atoms with Crippen LogP contribution in [0, 0.1) is 0 Å². The van der Waals surface area contributed by atoms with Gasteiger partial charge in [0.25, 0.3) is 0 Å². The third kappa shape index (κ3) is 3.34. The maximum atomic E-state index is 11.3. The first kappa shape index (κ1) is 13.9. The Morgan fingerprint density at radius 3 is 2.38 bits per heavy atom. The van der Waals surface area contributed by atoms with Crippen LogP contribution in [0.15, 0.2) is 47.3 Å². The standard InChI is InChI=1S/C17H20N2O2/c1-14(20)16-2-4-17(5-3-16)19-9-7-18(8-10-19)12-15-6-11-21-13-15/h2-6,11,13H,7-10,12H2,1H3. The Labute approximate surface area is 125 Å². The highest BCUT2D eigenvalue weighted by Gasteiger charge is 2.17. The fourth-order valence-electron chi connectivity index (χ4n) is 2.71. The monoisotopic (exact) mass is 284 g/mol. The quantitative estimate of drug-likeness (QED) is 0.809. The number of piperazine rings is 1. The number of benzene rings is 1. The number of nitrogens with zero attached hydrogens (tertiary/aromatic N) is 2. The van der Waals surface area contributed by atoms with Crippen molar-refractivity contribution in [2.75, 3.05) is 31.1 Å². The lowest BCUT2D eigenvalue weighted by Gasteiger charge is -2.36. The second-order valence-electron chi connectivity index (χ2n) is 5.50. The average Bonchev–Trinajstić information content (AvgIpc) is 3.01. The maximum absolute atomic E-state index is 11.3. The van der Waals surface area contributed by atoms with Gasteiger partial charge in [-0.1, -0.05) is 0 Å². The van der Waals surface area contributed by atoms with Gasteiger partial charge in [-0.05, 0) is 37.3 Å². The van der Waals surface area contributed by atoms with Crippen LogP contribution in [0.2, 0.25) is 0 Å². The molecule has 0 N–H and O–H groups in total. The van der Waals surface area contributed by atoms with Crippen LogP contribution in [0.3, 0.4) is 0 Å². The van der Waals surface area contributed by atoms with E-state index in [4.69, 9.17) is 4.42 Å². The van der Waals surface area contributed by atoms with Crippen LogP contribution in [0.5, 0.6) is 0 Å². The highest BCUT2D eigenvalue weighted by Crippen LogP contribution is 2.18. The zero-order valence-corrected chi connectivity index (χ0v) is 12.3. The second-order valence-corrected chi connectivity index (χ2v) is 5.50. The van der Waals surface area contributed by atoms with Gasteiger partial charge in [0.2, 0.25) is 0 Å². The van der Waals surface area contributed by atoms with Crippen molar-refractivity contribution in [1.29, 1.82) is 0 Å². The maximum Gasteiger partial charge on any atom is 0.159 e. The molecule has 0 atom stereocenters. The summed E-state index contributed by atoms with van der Waals surface area (Å²) < 4.78 is 5.11. The lowest BCUT2D eigenvalue weighted by molar-refractivity contribution is 0.101. The minimum absolute atomic E-state index is 0.117. The van der Waals surface area contributed by atoms with E-state index in [1.54, 1.807) is 13.2 Å². The summed E-state index contributed by atoms with van der Waals surface area (Å²) in [5, 5.41) is 0. The molecule has 0 aliphatic carbocycles. The summed E-state index contributed by atoms with van der Waals surface area (Å²) in [5.74, 6) is 0.117. The molecule has 0 spiro atoms. The second kappa shape index (κ2) is 6.14. The number of carbonyl (C=O) groups excluding carboxylic acids is 1. The van der Waals surface area contributed by atoms with Crippen molar-refractivity contribution in [3.63, 3.8) is 0 Å². The van der Waals surface area contributed by atoms with Crippen LogP contribution < -0.4 is 4.90 Å². The molecule has 21 heavy (non-hydrogen) atoms. The molecule has 4 nitrogen and oxygen atoms in total. The van der Waals surface area contributed by atoms with Crippen LogP contribution in [-0.4, -0.2) is 36.9 Å². The normalized spacial score (nSPS) is 16.1. The first-order chi connectivity index (χ1) is 10.2. The summed E-state index contributed by atoms with van der Waals surface area (Å²) in [6.45, 7) is 6.66. The molecule has 1 aliphatic heterocycles. The van der Waals surface area contributed by atoms with Gasteiger partial charge in [-0.25, -0.2) is 0 Å². The van der Waals surface area contributed by atoms with Crippen molar-refractivity contribution < 1.29 is 9.21 Å². The van der Waals surface area contributed by atoms with Gasteiger partial charge in [0.15, 0.2) is 5.78 Å². The van der Waals surface area contributed by atoms with Crippen LogP contribution in [0.1, 0.15) is 22.8 Å². The van der Waals surface area contributed by atoms with E-state index in [2.05, 4.69) is 9.80 Å². The van der Waals surface area contributed by atoms with Gasteiger partial charge in [0.05, 0.1) is 12.5 Å². The Hall–Kier alpha value is -2.07. The summed E-state index contributed by atoms with van der Waals surface area (Å²) >= 11 is 0. The zero-order chi connectivity index (χ0) is 14.7. The van der Waals surface area contributed by atoms with Crippen LogP contribution in [0.4, 0.5) is 5.69 Å². The molecule has 1 fully saturated rings. The van der Waals surface area contributed by atoms with Gasteiger partial charge in [-0.3, -0.25) is 9.69 Å². The van der Waals surface area contributed by atoms with Crippen molar-refractivity contribution in [2.24, 2.45) is 0 Å². The molecule has 1 aliphatic rings. The van der Waals surface area contributed by atoms with Crippen LogP contribution >= 0.6 is 0 Å². The summed E-state index contributed by atoms with van der Waals surface area (Å²) in [6.07, 6.45) is 3.54. The Bertz CT molecular complexity index is 582. The molecule has 4 heteroatoms. The molecule has 2 heterocycles. The molecule has 1 aromatic carbocycles. The third-order valence-electron chi connectivity index (χ3n) is 4.00. The fraction of sp³-hybridized carbons (Fsp3) is 0.353. The van der Waals surface area contributed by atoms with E-state index in [0.29, 0.717) is 0 Å². The van der Waals surface area contributed by atoms with Crippen molar-refractivity contribution in [1.82, 2.24) is 4.90 Å². The lowest BCUT2D eigenvalue weighted by Crippen LogP contribution is -2.45. The van der Waals surface area contributed by atoms with Gasteiger partial charge in [-0.2, -0.15) is 0 Å². The first-order valence-corrected chi connectivity index (χ1v) is 7.32. The number of Topliss-reactive ketones (excluding diaryl/α,β-unsaturated/α-hetero) is 1. The molecule has 110 valence electrons. The highest BCUT2D eigenvalue weighted by atomic mass is 16.3. The molecular formula is C17H20N2O2. The largest absolute Gasteiger partial charge is 0.472 e. The molecule has 2 aromatic rings. The molecule has 0 bridgehead atoms. The number of carbonyl (C=O) groups is 1. The Kier molecular flexibility index (Phi) is 4.06. The Balaban J connectivity index is 1.56. The predicted molar refractivity (Wildman–Crippen MR) is 82.6 cm³/mol. The number of anilines is 1. The number of ketones is 1. The number of rotatable bonds is 4. The Morgan fingerprint density at radius 1 is 1.10 bits per heavy atom. The van der Waals surface area contributed by atoms with Crippen molar-refractivity contribution >= 4 is 11.5 Å². The van der Waals surface area contributed by atoms with Crippen LogP contribution in [-0.2, 0) is 6.54 Å². The van der Waals surface area contributed by atoms with Gasteiger partial charge in [0.1, 0.15) is 0 Å². The number of furan rings is 1. The summed E-state index contributed by atoms with van der Waals surface area (Å²) in [6, 6.07) is 9.93. The van der Waals surface area contributed by atoms with Crippen molar-refractivity contribution in [2.45, 2.75) is 13.5 Å². The zero-order valence-electron chi connectivity index (χ0n) is 12.3. The smallest absolute Gasteiger partial charge is 0.159 e. The van der Waals surface area contributed by atoms with E-state index in [0.717, 1.165) is 38.3 Å². The molecule has 0 unspecified atom stereocenters. The van der Waals surface area contributed by atoms with E-state index >= 15 is 0 Å². The van der Waals surface area contributed by atoms with Gasteiger partial charge in [-0.15, -0.1) is 0 Å². The van der Waals surface area contributed by atoms with Gasteiger partial charge >= 0.3 is 0 Å². The van der Waals surface area contributed by atoms with Crippen molar-refractivity contribution in [3.05, 3.63) is 54.0 Å². The third-order valence-corrected chi connectivity index (χ3v) is 4.00. The first-order valence-electron chi connectivity index (χ1n) is 7.32. The number of hydrogen-bond donors (Lipinski definition) is 0. The molecule has 1 saturated heterocycles. The SMILES string of the molecule is CC(=O)c1ccc(N2CCN(Cc3ccoc3)CC2)cc1. The molecule has 0 amide bonds. The van der Waals surface area contributed by atoms with E-state index < -0.39 is 0 Å². The fourth-order valence-corrected chi connectivity index (χ4v) is 2.71. The molecular weight excluding hydrogens is 264 g/mol. The topological polar surface area (TPSA) is 36.7 Å². The number of hydrogen-bond acceptors (Lipinski definition) is 4. The minimum Gasteiger partial charge on any atom is -0.472 e. The minimum atomic E-state index is 0.117. The lowest BCUT2D eigenvalue weighted by atomic mass is 10.1. The predicted octanol–water partition coefficient (Wildman–Crippen LogP) is 2.80. The van der Waals surface area contributed by atoms with Gasteiger partial charge < -0.3 is 9.32 Å². The molecule has 1 aromatic heterocycles. The highest BCUT2D eigenvalue weighted by molar-refractivity contribution is 5.94. The Morgan fingerprint density at radius 2 is 1.81 bits per heavy atom. The van der Waals surface area contributed by atoms with Gasteiger partial charge in [0, 0.05) is 49.5 Å². The molecule has 0 saturated carbocycles. The van der Waals surface area contributed by atoms with E-state index in [9.17, 15) is 4.79 Å². The van der Waals surface area contributed by atoms with Crippen LogP contribution in [0.25, 0.3) is 0 Å². The van der Waals surface area contributed by atoms with E-state index in [1.165, 1.54) is 11.3 Å². The van der Waals surface area contributed by atoms with E-state index in [1.807, 2.05) is 36.6 Å². The summed E-state index contributed by atoms with van der Waals surface area (Å²) in [4.78, 5) is 16.1. The average molecular weight is 284 g/mol. The summed E-state index contributed by atoms with van der Waals surface area (Å²) in [7, 11) is 0.